The van der Waals surface area contributed by atoms with Crippen LogP contribution in [0, 0.1) is 3.57 Å². The summed E-state index contributed by atoms with van der Waals surface area (Å²) in [6.07, 6.45) is 3.38. The lowest BCUT2D eigenvalue weighted by atomic mass is 10.2. The Bertz CT molecular complexity index is 821. The Kier molecular flexibility index (Phi) is 5.10. The van der Waals surface area contributed by atoms with Gasteiger partial charge in [0.2, 0.25) is 5.90 Å². The second-order valence-corrected chi connectivity index (χ2v) is 6.26. The van der Waals surface area contributed by atoms with Crippen LogP contribution in [0.25, 0.3) is 6.08 Å². The van der Waals surface area contributed by atoms with Crippen molar-refractivity contribution >= 4 is 40.5 Å². The van der Waals surface area contributed by atoms with Crippen LogP contribution in [0.5, 0.6) is 5.75 Å². The average molecular weight is 431 g/mol. The number of esters is 1. The van der Waals surface area contributed by atoms with Gasteiger partial charge in [-0.05, 0) is 70.6 Å². The standard InChI is InChI=1S/C19H14INO3/c1-2-11-23-16-9-3-13(4-10-16)12-17-19(22)24-18(21-17)14-5-7-15(20)8-6-14/h2-10,12H,1,11H2/b17-12+. The molecule has 0 aliphatic carbocycles. The maximum atomic E-state index is 12.0. The zero-order valence-corrected chi connectivity index (χ0v) is 14.9. The van der Waals surface area contributed by atoms with E-state index in [1.54, 1.807) is 12.2 Å². The Morgan fingerprint density at radius 2 is 1.83 bits per heavy atom. The first-order valence-corrected chi connectivity index (χ1v) is 8.36. The molecule has 4 nitrogen and oxygen atoms in total. The van der Waals surface area contributed by atoms with Crippen LogP contribution in [0.3, 0.4) is 0 Å². The third-order valence-electron chi connectivity index (χ3n) is 3.26. The summed E-state index contributed by atoms with van der Waals surface area (Å²) in [5.74, 6) is 0.623. The van der Waals surface area contributed by atoms with Gasteiger partial charge in [-0.25, -0.2) is 9.79 Å². The number of nitrogens with zero attached hydrogens (tertiary/aromatic N) is 1. The maximum absolute atomic E-state index is 12.0. The smallest absolute Gasteiger partial charge is 0.363 e. The highest BCUT2D eigenvalue weighted by Gasteiger charge is 2.23. The van der Waals surface area contributed by atoms with Crippen molar-refractivity contribution in [2.24, 2.45) is 4.99 Å². The lowest BCUT2D eigenvalue weighted by Crippen LogP contribution is -2.05. The quantitative estimate of drug-likeness (QED) is 0.309. The largest absolute Gasteiger partial charge is 0.490 e. The number of aliphatic imine (C=N–C) groups is 1. The van der Waals surface area contributed by atoms with Crippen LogP contribution in [0.4, 0.5) is 0 Å². The summed E-state index contributed by atoms with van der Waals surface area (Å²) < 4.78 is 11.8. The molecule has 1 aliphatic rings. The van der Waals surface area contributed by atoms with Gasteiger partial charge in [-0.2, -0.15) is 0 Å². The van der Waals surface area contributed by atoms with Crippen LogP contribution in [0.1, 0.15) is 11.1 Å². The number of halogens is 1. The third kappa shape index (κ3) is 3.91. The van der Waals surface area contributed by atoms with E-state index < -0.39 is 5.97 Å². The minimum atomic E-state index is -0.449. The van der Waals surface area contributed by atoms with E-state index in [1.165, 1.54) is 0 Å². The molecule has 0 spiro atoms. The molecule has 0 radical (unpaired) electrons. The molecule has 0 unspecified atom stereocenters. The predicted octanol–water partition coefficient (Wildman–Crippen LogP) is 4.20. The van der Waals surface area contributed by atoms with Crippen LogP contribution in [0.2, 0.25) is 0 Å². The van der Waals surface area contributed by atoms with E-state index in [1.807, 2.05) is 48.5 Å². The first-order chi connectivity index (χ1) is 11.7. The molecule has 0 fully saturated rings. The van der Waals surface area contributed by atoms with Crippen molar-refractivity contribution in [3.63, 3.8) is 0 Å². The van der Waals surface area contributed by atoms with Crippen LogP contribution in [-0.4, -0.2) is 18.5 Å². The van der Waals surface area contributed by atoms with E-state index in [4.69, 9.17) is 9.47 Å². The van der Waals surface area contributed by atoms with Gasteiger partial charge in [0.05, 0.1) is 0 Å². The molecule has 2 aromatic rings. The van der Waals surface area contributed by atoms with Gasteiger partial charge in [0, 0.05) is 9.13 Å². The van der Waals surface area contributed by atoms with Gasteiger partial charge < -0.3 is 9.47 Å². The van der Waals surface area contributed by atoms with Crippen LogP contribution >= 0.6 is 22.6 Å². The maximum Gasteiger partial charge on any atom is 0.363 e. The fourth-order valence-corrected chi connectivity index (χ4v) is 2.46. The van der Waals surface area contributed by atoms with Crippen LogP contribution in [0.15, 0.2) is 71.9 Å². The Hall–Kier alpha value is -2.41. The summed E-state index contributed by atoms with van der Waals surface area (Å²) in [5, 5.41) is 0. The molecule has 0 saturated carbocycles. The minimum Gasteiger partial charge on any atom is -0.490 e. The summed E-state index contributed by atoms with van der Waals surface area (Å²) >= 11 is 2.22. The van der Waals surface area contributed by atoms with Gasteiger partial charge in [0.15, 0.2) is 5.70 Å². The molecule has 0 atom stereocenters. The monoisotopic (exact) mass is 431 g/mol. The molecule has 0 N–H and O–H groups in total. The highest BCUT2D eigenvalue weighted by atomic mass is 127. The van der Waals surface area contributed by atoms with E-state index in [9.17, 15) is 4.79 Å². The minimum absolute atomic E-state index is 0.281. The van der Waals surface area contributed by atoms with Gasteiger partial charge >= 0.3 is 5.97 Å². The van der Waals surface area contributed by atoms with Crippen molar-refractivity contribution in [1.82, 2.24) is 0 Å². The molecule has 0 bridgehead atoms. The number of hydrogen-bond acceptors (Lipinski definition) is 4. The number of benzene rings is 2. The highest BCUT2D eigenvalue weighted by Crippen LogP contribution is 2.21. The summed E-state index contributed by atoms with van der Waals surface area (Å²) in [7, 11) is 0. The lowest BCUT2D eigenvalue weighted by Gasteiger charge is -2.02. The van der Waals surface area contributed by atoms with Crippen molar-refractivity contribution in [2.75, 3.05) is 6.61 Å². The van der Waals surface area contributed by atoms with Crippen molar-refractivity contribution in [1.29, 1.82) is 0 Å². The highest BCUT2D eigenvalue weighted by molar-refractivity contribution is 14.1. The molecule has 2 aromatic carbocycles. The van der Waals surface area contributed by atoms with Gasteiger partial charge in [0.25, 0.3) is 0 Å². The molecule has 1 heterocycles. The van der Waals surface area contributed by atoms with Gasteiger partial charge in [-0.3, -0.25) is 0 Å². The molecule has 0 aromatic heterocycles. The van der Waals surface area contributed by atoms with E-state index in [2.05, 4.69) is 34.2 Å². The van der Waals surface area contributed by atoms with Gasteiger partial charge in [0.1, 0.15) is 12.4 Å². The lowest BCUT2D eigenvalue weighted by molar-refractivity contribution is -0.129. The first-order valence-electron chi connectivity index (χ1n) is 7.28. The van der Waals surface area contributed by atoms with E-state index in [0.717, 1.165) is 20.4 Å². The van der Waals surface area contributed by atoms with Crippen molar-refractivity contribution in [2.45, 2.75) is 0 Å². The van der Waals surface area contributed by atoms with Crippen LogP contribution in [-0.2, 0) is 9.53 Å². The van der Waals surface area contributed by atoms with E-state index in [-0.39, 0.29) is 5.70 Å². The number of carbonyl (C=O) groups excluding carboxylic acids is 1. The Morgan fingerprint density at radius 1 is 1.12 bits per heavy atom. The van der Waals surface area contributed by atoms with Gasteiger partial charge in [-0.15, -0.1) is 0 Å². The molecule has 0 amide bonds. The second kappa shape index (κ2) is 7.44. The van der Waals surface area contributed by atoms with E-state index in [0.29, 0.717) is 12.5 Å². The molecule has 3 rings (SSSR count). The Morgan fingerprint density at radius 3 is 2.50 bits per heavy atom. The zero-order chi connectivity index (χ0) is 16.9. The average Bonchev–Trinajstić information content (AvgIpc) is 2.95. The third-order valence-corrected chi connectivity index (χ3v) is 3.98. The summed E-state index contributed by atoms with van der Waals surface area (Å²) in [6, 6.07) is 15.0. The fourth-order valence-electron chi connectivity index (χ4n) is 2.10. The zero-order valence-electron chi connectivity index (χ0n) is 12.7. The molecule has 5 heteroatoms. The van der Waals surface area contributed by atoms with Crippen LogP contribution < -0.4 is 4.74 Å². The normalized spacial score (nSPS) is 15.1. The molecule has 1 aliphatic heterocycles. The Labute approximate surface area is 153 Å². The number of cyclic esters (lactones) is 1. The second-order valence-electron chi connectivity index (χ2n) is 5.01. The number of ether oxygens (including phenoxy) is 2. The topological polar surface area (TPSA) is 47.9 Å². The van der Waals surface area contributed by atoms with Crippen molar-refractivity contribution in [3.8, 4) is 5.75 Å². The molecule has 120 valence electrons. The fraction of sp³-hybridized carbons (Fsp3) is 0.0526. The summed E-state index contributed by atoms with van der Waals surface area (Å²) in [5.41, 5.74) is 1.91. The van der Waals surface area contributed by atoms with Crippen molar-refractivity contribution < 1.29 is 14.3 Å². The Balaban J connectivity index is 1.80. The van der Waals surface area contributed by atoms with Crippen molar-refractivity contribution in [3.05, 3.63) is 81.6 Å². The molecular weight excluding hydrogens is 417 g/mol. The SMILES string of the molecule is C=CCOc1ccc(/C=C2/N=C(c3ccc(I)cc3)OC2=O)cc1. The van der Waals surface area contributed by atoms with Gasteiger partial charge in [-0.1, -0.05) is 24.8 Å². The number of carbonyl (C=O) groups is 1. The first kappa shape index (κ1) is 16.4. The number of rotatable bonds is 5. The number of hydrogen-bond donors (Lipinski definition) is 0. The molecular formula is C19H14INO3. The molecule has 0 saturated heterocycles. The summed E-state index contributed by atoms with van der Waals surface area (Å²) in [6.45, 7) is 4.06. The summed E-state index contributed by atoms with van der Waals surface area (Å²) in [4.78, 5) is 16.3. The van der Waals surface area contributed by atoms with E-state index >= 15 is 0 Å². The predicted molar refractivity (Wildman–Crippen MR) is 102 cm³/mol. The molecule has 24 heavy (non-hydrogen) atoms.